The Morgan fingerprint density at radius 2 is 1.95 bits per heavy atom. The normalized spacial score (nSPS) is 9.80. The maximum absolute atomic E-state index is 11.9. The van der Waals surface area contributed by atoms with Crippen LogP contribution in [-0.2, 0) is 11.2 Å². The van der Waals surface area contributed by atoms with E-state index in [4.69, 9.17) is 16.9 Å². The van der Waals surface area contributed by atoms with Gasteiger partial charge >= 0.3 is 0 Å². The van der Waals surface area contributed by atoms with Crippen molar-refractivity contribution in [2.75, 3.05) is 5.32 Å². The lowest BCUT2D eigenvalue weighted by Crippen LogP contribution is -2.13. The highest BCUT2D eigenvalue weighted by molar-refractivity contribution is 6.31. The number of nitriles is 1. The van der Waals surface area contributed by atoms with Crippen LogP contribution in [-0.4, -0.2) is 5.91 Å². The summed E-state index contributed by atoms with van der Waals surface area (Å²) in [5.74, 6) is -0.132. The first-order valence-corrected chi connectivity index (χ1v) is 6.60. The van der Waals surface area contributed by atoms with Gasteiger partial charge in [-0.15, -0.1) is 0 Å². The number of aryl methyl sites for hydroxylation is 1. The topological polar surface area (TPSA) is 52.9 Å². The van der Waals surface area contributed by atoms with Gasteiger partial charge in [0.1, 0.15) is 6.07 Å². The molecule has 2 aromatic rings. The molecule has 20 heavy (non-hydrogen) atoms. The van der Waals surface area contributed by atoms with Gasteiger partial charge in [0.2, 0.25) is 5.91 Å². The van der Waals surface area contributed by atoms with Crippen molar-refractivity contribution in [3.63, 3.8) is 0 Å². The number of nitrogens with one attached hydrogen (secondary N) is 1. The van der Waals surface area contributed by atoms with Crippen LogP contribution in [0, 0.1) is 11.3 Å². The monoisotopic (exact) mass is 284 g/mol. The lowest BCUT2D eigenvalue weighted by Gasteiger charge is -2.07. The molecule has 0 unspecified atom stereocenters. The van der Waals surface area contributed by atoms with Crippen LogP contribution in [0.25, 0.3) is 0 Å². The predicted molar refractivity (Wildman–Crippen MR) is 79.6 cm³/mol. The number of halogens is 1. The highest BCUT2D eigenvalue weighted by Crippen LogP contribution is 2.20. The molecule has 0 saturated heterocycles. The molecule has 0 fully saturated rings. The summed E-state index contributed by atoms with van der Waals surface area (Å²) in [6, 6.07) is 16.6. The third kappa shape index (κ3) is 3.84. The molecule has 0 aliphatic carbocycles. The van der Waals surface area contributed by atoms with E-state index in [2.05, 4.69) is 5.32 Å². The lowest BCUT2D eigenvalue weighted by atomic mass is 10.1. The number of benzene rings is 2. The first-order chi connectivity index (χ1) is 9.69. The van der Waals surface area contributed by atoms with E-state index in [-0.39, 0.29) is 5.91 Å². The van der Waals surface area contributed by atoms with Crippen LogP contribution in [0.1, 0.15) is 17.5 Å². The number of carbonyl (C=O) groups is 1. The molecule has 0 aliphatic heterocycles. The summed E-state index contributed by atoms with van der Waals surface area (Å²) in [7, 11) is 0. The van der Waals surface area contributed by atoms with E-state index in [0.717, 1.165) is 5.56 Å². The van der Waals surface area contributed by atoms with E-state index < -0.39 is 0 Å². The molecule has 0 spiro atoms. The van der Waals surface area contributed by atoms with Crippen LogP contribution in [0.4, 0.5) is 5.69 Å². The Balaban J connectivity index is 1.98. The maximum atomic E-state index is 11.9. The smallest absolute Gasteiger partial charge is 0.224 e. The molecule has 2 aromatic carbocycles. The molecule has 2 rings (SSSR count). The summed E-state index contributed by atoms with van der Waals surface area (Å²) in [6.07, 6.45) is 1.02. The highest BCUT2D eigenvalue weighted by Gasteiger charge is 2.07. The second-order valence-corrected chi connectivity index (χ2v) is 4.77. The zero-order valence-corrected chi connectivity index (χ0v) is 11.5. The van der Waals surface area contributed by atoms with Crippen molar-refractivity contribution >= 4 is 23.2 Å². The molecular weight excluding hydrogens is 272 g/mol. The lowest BCUT2D eigenvalue weighted by molar-refractivity contribution is -0.116. The van der Waals surface area contributed by atoms with E-state index in [0.29, 0.717) is 29.1 Å². The second-order valence-electron chi connectivity index (χ2n) is 4.34. The Morgan fingerprint density at radius 3 is 2.65 bits per heavy atom. The molecule has 0 aromatic heterocycles. The van der Waals surface area contributed by atoms with Crippen LogP contribution >= 0.6 is 11.6 Å². The van der Waals surface area contributed by atoms with E-state index >= 15 is 0 Å². The predicted octanol–water partition coefficient (Wildman–Crippen LogP) is 3.78. The largest absolute Gasteiger partial charge is 0.325 e. The highest BCUT2D eigenvalue weighted by atomic mass is 35.5. The number of hydrogen-bond acceptors (Lipinski definition) is 2. The summed E-state index contributed by atoms with van der Waals surface area (Å²) in [4.78, 5) is 11.9. The van der Waals surface area contributed by atoms with Gasteiger partial charge in [0.05, 0.1) is 11.3 Å². The van der Waals surface area contributed by atoms with Crippen LogP contribution in [0.2, 0.25) is 5.02 Å². The quantitative estimate of drug-likeness (QED) is 0.929. The summed E-state index contributed by atoms with van der Waals surface area (Å²) in [5, 5.41) is 12.2. The van der Waals surface area contributed by atoms with Crippen LogP contribution in [0.3, 0.4) is 0 Å². The molecule has 4 heteroatoms. The summed E-state index contributed by atoms with van der Waals surface area (Å²) < 4.78 is 0. The van der Waals surface area contributed by atoms with Gasteiger partial charge in [-0.2, -0.15) is 5.26 Å². The number of rotatable bonds is 4. The Hall–Kier alpha value is -2.31. The van der Waals surface area contributed by atoms with Crippen LogP contribution in [0.5, 0.6) is 0 Å². The van der Waals surface area contributed by atoms with Crippen molar-refractivity contribution in [2.24, 2.45) is 0 Å². The molecule has 0 radical (unpaired) electrons. The average Bonchev–Trinajstić information content (AvgIpc) is 2.46. The fraction of sp³-hybridized carbons (Fsp3) is 0.125. The number of nitrogens with zero attached hydrogens (tertiary/aromatic N) is 1. The second kappa shape index (κ2) is 6.74. The standard InChI is InChI=1S/C16H13ClN2O/c17-14-8-7-13(11-18)15(10-14)19-16(20)9-6-12-4-2-1-3-5-12/h1-5,7-8,10H,6,9H2,(H,19,20). The molecule has 3 nitrogen and oxygen atoms in total. The van der Waals surface area contributed by atoms with Crippen molar-refractivity contribution in [3.8, 4) is 6.07 Å². The van der Waals surface area contributed by atoms with Crippen LogP contribution in [0.15, 0.2) is 48.5 Å². The van der Waals surface area contributed by atoms with Gasteiger partial charge in [-0.05, 0) is 30.2 Å². The van der Waals surface area contributed by atoms with Gasteiger partial charge in [-0.1, -0.05) is 41.9 Å². The van der Waals surface area contributed by atoms with E-state index in [1.807, 2.05) is 36.4 Å². The fourth-order valence-electron chi connectivity index (χ4n) is 1.83. The zero-order valence-electron chi connectivity index (χ0n) is 10.8. The van der Waals surface area contributed by atoms with Crippen molar-refractivity contribution in [2.45, 2.75) is 12.8 Å². The minimum absolute atomic E-state index is 0.132. The number of amides is 1. The Labute approximate surface area is 122 Å². The molecule has 100 valence electrons. The zero-order chi connectivity index (χ0) is 14.4. The SMILES string of the molecule is N#Cc1ccc(Cl)cc1NC(=O)CCc1ccccc1. The number of carbonyl (C=O) groups excluding carboxylic acids is 1. The Bertz CT molecular complexity index is 647. The third-order valence-corrected chi connectivity index (χ3v) is 3.09. The van der Waals surface area contributed by atoms with Gasteiger partial charge in [-0.3, -0.25) is 4.79 Å². The van der Waals surface area contributed by atoms with Gasteiger partial charge < -0.3 is 5.32 Å². The Kier molecular flexibility index (Phi) is 4.75. The summed E-state index contributed by atoms with van der Waals surface area (Å²) in [5.41, 5.74) is 1.97. The third-order valence-electron chi connectivity index (χ3n) is 2.86. The molecule has 0 atom stereocenters. The molecule has 1 amide bonds. The van der Waals surface area contributed by atoms with E-state index in [1.54, 1.807) is 18.2 Å². The molecular formula is C16H13ClN2O. The fourth-order valence-corrected chi connectivity index (χ4v) is 2.00. The summed E-state index contributed by atoms with van der Waals surface area (Å²) in [6.45, 7) is 0. The minimum Gasteiger partial charge on any atom is -0.325 e. The van der Waals surface area contributed by atoms with Crippen molar-refractivity contribution in [1.29, 1.82) is 5.26 Å². The molecule has 0 saturated carbocycles. The molecule has 0 aliphatic rings. The van der Waals surface area contributed by atoms with Gasteiger partial charge in [0, 0.05) is 11.4 Å². The first-order valence-electron chi connectivity index (χ1n) is 6.22. The van der Waals surface area contributed by atoms with Gasteiger partial charge in [-0.25, -0.2) is 0 Å². The van der Waals surface area contributed by atoms with Crippen molar-refractivity contribution in [3.05, 3.63) is 64.7 Å². The van der Waals surface area contributed by atoms with Crippen molar-refractivity contribution in [1.82, 2.24) is 0 Å². The van der Waals surface area contributed by atoms with Gasteiger partial charge in [0.15, 0.2) is 0 Å². The minimum atomic E-state index is -0.132. The van der Waals surface area contributed by atoms with E-state index in [1.165, 1.54) is 0 Å². The average molecular weight is 285 g/mol. The Morgan fingerprint density at radius 1 is 1.20 bits per heavy atom. The molecule has 0 bridgehead atoms. The molecule has 1 N–H and O–H groups in total. The van der Waals surface area contributed by atoms with E-state index in [9.17, 15) is 4.79 Å². The maximum Gasteiger partial charge on any atom is 0.224 e. The number of anilines is 1. The number of hydrogen-bond donors (Lipinski definition) is 1. The van der Waals surface area contributed by atoms with Crippen LogP contribution < -0.4 is 5.32 Å². The van der Waals surface area contributed by atoms with Crippen molar-refractivity contribution < 1.29 is 4.79 Å². The molecule has 0 heterocycles. The van der Waals surface area contributed by atoms with Gasteiger partial charge in [0.25, 0.3) is 0 Å². The first kappa shape index (κ1) is 14.1. The summed E-state index contributed by atoms with van der Waals surface area (Å²) >= 11 is 5.87.